The Hall–Kier alpha value is 0.0969. The molecule has 18 heavy (non-hydrogen) atoms. The molecular weight excluding hydrogens is 240 g/mol. The monoisotopic (exact) mass is 272 g/mol. The topological polar surface area (TPSA) is 47.3 Å². The molecule has 1 saturated heterocycles. The molecule has 1 fully saturated rings. The zero-order chi connectivity index (χ0) is 13.6. The van der Waals surface area contributed by atoms with Gasteiger partial charge in [0.1, 0.15) is 0 Å². The zero-order valence-corrected chi connectivity index (χ0v) is 13.7. The molecule has 3 N–H and O–H groups in total. The van der Waals surface area contributed by atoms with Crippen molar-refractivity contribution in [2.24, 2.45) is 11.1 Å². The van der Waals surface area contributed by atoms with Crippen molar-refractivity contribution in [3.63, 3.8) is 0 Å². The Morgan fingerprint density at radius 2 is 2.06 bits per heavy atom. The van der Waals surface area contributed by atoms with E-state index in [1.165, 1.54) is 25.3 Å². The summed E-state index contributed by atoms with van der Waals surface area (Å²) in [5.74, 6) is 0. The minimum atomic E-state index is -1.36. The van der Waals surface area contributed by atoms with Gasteiger partial charge in [0, 0.05) is 0 Å². The van der Waals surface area contributed by atoms with Crippen molar-refractivity contribution in [2.45, 2.75) is 64.8 Å². The van der Waals surface area contributed by atoms with Gasteiger partial charge in [-0.15, -0.1) is 0 Å². The van der Waals surface area contributed by atoms with Crippen LogP contribution in [-0.4, -0.2) is 34.1 Å². The average molecular weight is 273 g/mol. The van der Waals surface area contributed by atoms with Gasteiger partial charge in [-0.1, -0.05) is 20.3 Å². The third kappa shape index (κ3) is 5.39. The lowest BCUT2D eigenvalue weighted by Crippen LogP contribution is -2.46. The van der Waals surface area contributed by atoms with E-state index in [1.807, 2.05) is 0 Å². The van der Waals surface area contributed by atoms with Crippen LogP contribution in [0.4, 0.5) is 0 Å². The number of hydrogen-bond acceptors (Lipinski definition) is 3. The van der Waals surface area contributed by atoms with Gasteiger partial charge in [0.25, 0.3) is 0 Å². The van der Waals surface area contributed by atoms with Crippen LogP contribution in [0.25, 0.3) is 0 Å². The third-order valence-corrected chi connectivity index (χ3v) is 6.56. The molecule has 0 aromatic heterocycles. The number of hydrogen-bond donors (Lipinski definition) is 2. The SMILES string of the molecule is CC(C)(CCNCCCN)C1CCC[Si](C)(C)O1. The highest BCUT2D eigenvalue weighted by molar-refractivity contribution is 6.71. The van der Waals surface area contributed by atoms with Crippen molar-refractivity contribution < 1.29 is 4.43 Å². The minimum absolute atomic E-state index is 0.292. The van der Waals surface area contributed by atoms with Crippen molar-refractivity contribution >= 4 is 8.32 Å². The average Bonchev–Trinajstić information content (AvgIpc) is 2.27. The van der Waals surface area contributed by atoms with Crippen LogP contribution < -0.4 is 11.1 Å². The lowest BCUT2D eigenvalue weighted by molar-refractivity contribution is 0.0395. The fraction of sp³-hybridized carbons (Fsp3) is 1.00. The van der Waals surface area contributed by atoms with Gasteiger partial charge in [0.05, 0.1) is 6.10 Å². The van der Waals surface area contributed by atoms with Crippen molar-refractivity contribution in [3.8, 4) is 0 Å². The second-order valence-electron chi connectivity index (χ2n) is 6.89. The van der Waals surface area contributed by atoms with E-state index in [-0.39, 0.29) is 0 Å². The lowest BCUT2D eigenvalue weighted by Gasteiger charge is -2.43. The van der Waals surface area contributed by atoms with Crippen LogP contribution in [0, 0.1) is 5.41 Å². The zero-order valence-electron chi connectivity index (χ0n) is 12.7. The smallest absolute Gasteiger partial charge is 0.187 e. The summed E-state index contributed by atoms with van der Waals surface area (Å²) < 4.78 is 6.41. The van der Waals surface area contributed by atoms with E-state index in [0.717, 1.165) is 26.1 Å². The summed E-state index contributed by atoms with van der Waals surface area (Å²) in [6.45, 7) is 12.3. The highest BCUT2D eigenvalue weighted by Crippen LogP contribution is 2.37. The first-order valence-electron chi connectivity index (χ1n) is 7.46. The van der Waals surface area contributed by atoms with Gasteiger partial charge in [-0.05, 0) is 63.4 Å². The van der Waals surface area contributed by atoms with Crippen molar-refractivity contribution in [1.29, 1.82) is 0 Å². The molecule has 1 unspecified atom stereocenters. The normalized spacial score (nSPS) is 24.2. The quantitative estimate of drug-likeness (QED) is 0.553. The molecular formula is C14H32N2OSi. The first kappa shape index (κ1) is 16.2. The van der Waals surface area contributed by atoms with E-state index in [9.17, 15) is 0 Å². The van der Waals surface area contributed by atoms with E-state index in [1.54, 1.807) is 0 Å². The summed E-state index contributed by atoms with van der Waals surface area (Å²) in [4.78, 5) is 0. The Morgan fingerprint density at radius 3 is 2.67 bits per heavy atom. The highest BCUT2D eigenvalue weighted by Gasteiger charge is 2.38. The van der Waals surface area contributed by atoms with Gasteiger partial charge in [0.2, 0.25) is 0 Å². The molecule has 0 radical (unpaired) electrons. The molecule has 0 saturated carbocycles. The van der Waals surface area contributed by atoms with Crippen LogP contribution in [0.2, 0.25) is 19.1 Å². The molecule has 4 heteroatoms. The summed E-state index contributed by atoms with van der Waals surface area (Å²) in [6, 6.07) is 1.33. The van der Waals surface area contributed by atoms with E-state index >= 15 is 0 Å². The van der Waals surface area contributed by atoms with Crippen molar-refractivity contribution in [1.82, 2.24) is 5.32 Å². The summed E-state index contributed by atoms with van der Waals surface area (Å²) in [7, 11) is -1.36. The number of rotatable bonds is 7. The molecule has 1 aliphatic heterocycles. The van der Waals surface area contributed by atoms with Crippen molar-refractivity contribution in [2.75, 3.05) is 19.6 Å². The van der Waals surface area contributed by atoms with Crippen LogP contribution in [0.3, 0.4) is 0 Å². The molecule has 1 atom stereocenters. The van der Waals surface area contributed by atoms with Crippen molar-refractivity contribution in [3.05, 3.63) is 0 Å². The van der Waals surface area contributed by atoms with E-state index in [2.05, 4.69) is 32.3 Å². The summed E-state index contributed by atoms with van der Waals surface area (Å²) in [5.41, 5.74) is 5.78. The molecule has 108 valence electrons. The maximum atomic E-state index is 6.41. The predicted molar refractivity (Wildman–Crippen MR) is 81.3 cm³/mol. The van der Waals surface area contributed by atoms with Gasteiger partial charge in [-0.3, -0.25) is 0 Å². The largest absolute Gasteiger partial charge is 0.414 e. The maximum absolute atomic E-state index is 6.41. The van der Waals surface area contributed by atoms with Gasteiger partial charge in [-0.25, -0.2) is 0 Å². The predicted octanol–water partition coefficient (Wildman–Crippen LogP) is 2.73. The van der Waals surface area contributed by atoms with Gasteiger partial charge in [0.15, 0.2) is 8.32 Å². The standard InChI is InChI=1S/C14H32N2OSi/c1-14(2,8-11-16-10-6-9-15)13-7-5-12-18(3,4)17-13/h13,16H,5-12,15H2,1-4H3. The molecule has 0 amide bonds. The molecule has 0 bridgehead atoms. The van der Waals surface area contributed by atoms with Gasteiger partial charge in [-0.2, -0.15) is 0 Å². The Balaban J connectivity index is 2.33. The van der Waals surface area contributed by atoms with E-state index in [0.29, 0.717) is 11.5 Å². The van der Waals surface area contributed by atoms with Gasteiger partial charge < -0.3 is 15.5 Å². The maximum Gasteiger partial charge on any atom is 0.187 e. The second kappa shape index (κ2) is 7.03. The van der Waals surface area contributed by atoms with Crippen LogP contribution in [0.5, 0.6) is 0 Å². The fourth-order valence-electron chi connectivity index (χ4n) is 2.69. The minimum Gasteiger partial charge on any atom is -0.414 e. The van der Waals surface area contributed by atoms with E-state index < -0.39 is 8.32 Å². The third-order valence-electron chi connectivity index (χ3n) is 4.08. The van der Waals surface area contributed by atoms with Crippen LogP contribution in [-0.2, 0) is 4.43 Å². The first-order valence-corrected chi connectivity index (χ1v) is 10.6. The number of nitrogens with one attached hydrogen (secondary N) is 1. The summed E-state index contributed by atoms with van der Waals surface area (Å²) >= 11 is 0. The molecule has 1 heterocycles. The van der Waals surface area contributed by atoms with E-state index in [4.69, 9.17) is 10.2 Å². The van der Waals surface area contributed by atoms with Crippen LogP contribution in [0.1, 0.15) is 39.5 Å². The summed E-state index contributed by atoms with van der Waals surface area (Å²) in [5, 5.41) is 3.48. The molecule has 3 nitrogen and oxygen atoms in total. The molecule has 0 aromatic carbocycles. The highest BCUT2D eigenvalue weighted by atomic mass is 28.4. The first-order chi connectivity index (χ1) is 8.37. The Morgan fingerprint density at radius 1 is 1.33 bits per heavy atom. The molecule has 1 aliphatic rings. The molecule has 0 aromatic rings. The molecule has 0 spiro atoms. The second-order valence-corrected chi connectivity index (χ2v) is 11.1. The summed E-state index contributed by atoms with van der Waals surface area (Å²) in [6.07, 6.45) is 5.32. The molecule has 0 aliphatic carbocycles. The molecule has 1 rings (SSSR count). The lowest BCUT2D eigenvalue weighted by atomic mass is 9.81. The fourth-order valence-corrected chi connectivity index (χ4v) is 5.07. The Kier molecular flexibility index (Phi) is 6.31. The van der Waals surface area contributed by atoms with Crippen LogP contribution >= 0.6 is 0 Å². The number of nitrogens with two attached hydrogens (primary N) is 1. The Labute approximate surface area is 114 Å². The Bertz CT molecular complexity index is 244. The van der Waals surface area contributed by atoms with Gasteiger partial charge >= 0.3 is 0 Å². The van der Waals surface area contributed by atoms with Crippen LogP contribution in [0.15, 0.2) is 0 Å².